The summed E-state index contributed by atoms with van der Waals surface area (Å²) in [6.45, 7) is 5.34. The van der Waals surface area contributed by atoms with Crippen molar-refractivity contribution in [3.63, 3.8) is 0 Å². The van der Waals surface area contributed by atoms with E-state index in [4.69, 9.17) is 0 Å². The summed E-state index contributed by atoms with van der Waals surface area (Å²) in [4.78, 5) is 14.6. The molecule has 0 saturated carbocycles. The molecule has 0 fully saturated rings. The number of carbonyl (C=O) groups is 1. The van der Waals surface area contributed by atoms with E-state index >= 15 is 0 Å². The maximum atomic E-state index is 12.7. The monoisotopic (exact) mass is 280 g/mol. The molecule has 3 nitrogen and oxygen atoms in total. The Bertz CT molecular complexity index is 649. The highest BCUT2D eigenvalue weighted by Gasteiger charge is 2.27. The minimum Gasteiger partial charge on any atom is -0.383 e. The highest BCUT2D eigenvalue weighted by atomic mass is 16.2. The van der Waals surface area contributed by atoms with E-state index in [2.05, 4.69) is 36.5 Å². The Labute approximate surface area is 125 Å². The lowest BCUT2D eigenvalue weighted by Gasteiger charge is -2.24. The van der Waals surface area contributed by atoms with Gasteiger partial charge in [0.1, 0.15) is 0 Å². The molecule has 1 aliphatic heterocycles. The number of aryl methyl sites for hydroxylation is 1. The first-order valence-corrected chi connectivity index (χ1v) is 7.35. The van der Waals surface area contributed by atoms with Crippen LogP contribution in [0, 0.1) is 12.8 Å². The number of para-hydroxylation sites is 2. The number of anilines is 2. The fourth-order valence-electron chi connectivity index (χ4n) is 2.63. The Morgan fingerprint density at radius 3 is 2.62 bits per heavy atom. The first-order chi connectivity index (χ1) is 10.1. The molecule has 3 rings (SSSR count). The molecular weight excluding hydrogens is 260 g/mol. The van der Waals surface area contributed by atoms with Gasteiger partial charge in [0.15, 0.2) is 0 Å². The molecule has 3 heteroatoms. The van der Waals surface area contributed by atoms with Crippen LogP contribution in [-0.4, -0.2) is 12.5 Å². The third-order valence-electron chi connectivity index (χ3n) is 3.94. The summed E-state index contributed by atoms with van der Waals surface area (Å²) < 4.78 is 0. The van der Waals surface area contributed by atoms with Crippen molar-refractivity contribution in [3.8, 4) is 0 Å². The Hall–Kier alpha value is -2.29. The topological polar surface area (TPSA) is 32.3 Å². The van der Waals surface area contributed by atoms with E-state index in [1.165, 1.54) is 5.56 Å². The zero-order chi connectivity index (χ0) is 14.8. The number of fused-ring (bicyclic) bond motifs is 1. The van der Waals surface area contributed by atoms with E-state index < -0.39 is 0 Å². The molecule has 2 aromatic rings. The molecule has 0 saturated heterocycles. The van der Waals surface area contributed by atoms with Crippen LogP contribution in [0.2, 0.25) is 0 Å². The summed E-state index contributed by atoms with van der Waals surface area (Å²) in [6, 6.07) is 16.4. The number of nitrogens with one attached hydrogen (secondary N) is 1. The molecule has 0 bridgehead atoms. The van der Waals surface area contributed by atoms with E-state index in [0.29, 0.717) is 13.1 Å². The molecule has 0 aliphatic carbocycles. The second-order valence-electron chi connectivity index (χ2n) is 5.71. The van der Waals surface area contributed by atoms with E-state index in [1.807, 2.05) is 36.1 Å². The van der Waals surface area contributed by atoms with Crippen molar-refractivity contribution in [1.82, 2.24) is 0 Å². The lowest BCUT2D eigenvalue weighted by atomic mass is 10.1. The summed E-state index contributed by atoms with van der Waals surface area (Å²) in [5.41, 5.74) is 4.38. The average molecular weight is 280 g/mol. The number of hydrogen-bond donors (Lipinski definition) is 1. The van der Waals surface area contributed by atoms with Gasteiger partial charge in [-0.25, -0.2) is 0 Å². The molecule has 108 valence electrons. The van der Waals surface area contributed by atoms with Crippen LogP contribution >= 0.6 is 0 Å². The molecule has 21 heavy (non-hydrogen) atoms. The van der Waals surface area contributed by atoms with Crippen LogP contribution in [-0.2, 0) is 11.3 Å². The van der Waals surface area contributed by atoms with Gasteiger partial charge in [0, 0.05) is 6.54 Å². The van der Waals surface area contributed by atoms with Crippen molar-refractivity contribution in [2.75, 3.05) is 16.8 Å². The molecule has 2 aromatic carbocycles. The molecule has 1 aliphatic rings. The van der Waals surface area contributed by atoms with Crippen molar-refractivity contribution in [2.24, 2.45) is 5.92 Å². The first kappa shape index (κ1) is 13.7. The molecular formula is C18H20N2O. The largest absolute Gasteiger partial charge is 0.383 e. The Balaban J connectivity index is 1.97. The van der Waals surface area contributed by atoms with Gasteiger partial charge in [-0.3, -0.25) is 4.79 Å². The normalized spacial score (nSPS) is 17.9. The maximum absolute atomic E-state index is 12.7. The van der Waals surface area contributed by atoms with Crippen LogP contribution in [0.3, 0.4) is 0 Å². The van der Waals surface area contributed by atoms with Gasteiger partial charge in [-0.1, -0.05) is 48.9 Å². The number of benzene rings is 2. The third-order valence-corrected chi connectivity index (χ3v) is 3.94. The number of nitrogens with zero attached hydrogens (tertiary/aromatic N) is 1. The van der Waals surface area contributed by atoms with E-state index in [9.17, 15) is 4.79 Å². The molecule has 0 radical (unpaired) electrons. The van der Waals surface area contributed by atoms with E-state index in [1.54, 1.807) is 0 Å². The maximum Gasteiger partial charge on any atom is 0.231 e. The van der Waals surface area contributed by atoms with Crippen molar-refractivity contribution in [2.45, 2.75) is 20.4 Å². The third kappa shape index (κ3) is 2.77. The van der Waals surface area contributed by atoms with Crippen LogP contribution in [0.4, 0.5) is 11.4 Å². The van der Waals surface area contributed by atoms with Gasteiger partial charge in [0.2, 0.25) is 5.91 Å². The summed E-state index contributed by atoms with van der Waals surface area (Å²) >= 11 is 0. The highest BCUT2D eigenvalue weighted by molar-refractivity contribution is 5.99. The predicted octanol–water partition coefficient (Wildman–Crippen LogP) is 3.59. The summed E-state index contributed by atoms with van der Waals surface area (Å²) in [5.74, 6) is 0.149. The van der Waals surface area contributed by atoms with Crippen molar-refractivity contribution in [3.05, 3.63) is 59.7 Å². The summed E-state index contributed by atoms with van der Waals surface area (Å²) in [6.07, 6.45) is 0. The van der Waals surface area contributed by atoms with Crippen LogP contribution in [0.1, 0.15) is 18.1 Å². The zero-order valence-electron chi connectivity index (χ0n) is 12.5. The summed E-state index contributed by atoms with van der Waals surface area (Å²) in [7, 11) is 0. The predicted molar refractivity (Wildman–Crippen MR) is 86.5 cm³/mol. The molecule has 1 atom stereocenters. The number of amides is 1. The zero-order valence-corrected chi connectivity index (χ0v) is 12.5. The quantitative estimate of drug-likeness (QED) is 0.911. The molecule has 1 N–H and O–H groups in total. The fraction of sp³-hybridized carbons (Fsp3) is 0.278. The van der Waals surface area contributed by atoms with Gasteiger partial charge >= 0.3 is 0 Å². The highest BCUT2D eigenvalue weighted by Crippen LogP contribution is 2.31. The SMILES string of the molecule is Cc1ccc(CN2C(=O)C(C)CNc3ccccc32)cc1. The van der Waals surface area contributed by atoms with Gasteiger partial charge in [0.05, 0.1) is 23.8 Å². The van der Waals surface area contributed by atoms with Crippen LogP contribution < -0.4 is 10.2 Å². The summed E-state index contributed by atoms with van der Waals surface area (Å²) in [5, 5.41) is 3.37. The van der Waals surface area contributed by atoms with Gasteiger partial charge in [-0.15, -0.1) is 0 Å². The van der Waals surface area contributed by atoms with Gasteiger partial charge in [-0.2, -0.15) is 0 Å². The first-order valence-electron chi connectivity index (χ1n) is 7.35. The molecule has 0 aromatic heterocycles. The van der Waals surface area contributed by atoms with Gasteiger partial charge in [-0.05, 0) is 24.6 Å². The number of hydrogen-bond acceptors (Lipinski definition) is 2. The smallest absolute Gasteiger partial charge is 0.231 e. The minimum atomic E-state index is -0.0251. The Morgan fingerprint density at radius 2 is 1.86 bits per heavy atom. The average Bonchev–Trinajstić information content (AvgIpc) is 2.62. The Morgan fingerprint density at radius 1 is 1.14 bits per heavy atom. The minimum absolute atomic E-state index is 0.0251. The number of carbonyl (C=O) groups excluding carboxylic acids is 1. The second-order valence-corrected chi connectivity index (χ2v) is 5.71. The standard InChI is InChI=1S/C18H20N2O/c1-13-7-9-15(10-8-13)12-20-17-6-4-3-5-16(17)19-11-14(2)18(20)21/h3-10,14,19H,11-12H2,1-2H3. The lowest BCUT2D eigenvalue weighted by molar-refractivity contribution is -0.121. The molecule has 1 unspecified atom stereocenters. The molecule has 1 heterocycles. The van der Waals surface area contributed by atoms with E-state index in [0.717, 1.165) is 16.9 Å². The van der Waals surface area contributed by atoms with Gasteiger partial charge in [0.25, 0.3) is 0 Å². The van der Waals surface area contributed by atoms with Crippen molar-refractivity contribution < 1.29 is 4.79 Å². The van der Waals surface area contributed by atoms with Crippen LogP contribution in [0.25, 0.3) is 0 Å². The number of rotatable bonds is 2. The van der Waals surface area contributed by atoms with Crippen LogP contribution in [0.15, 0.2) is 48.5 Å². The van der Waals surface area contributed by atoms with Gasteiger partial charge < -0.3 is 10.2 Å². The van der Waals surface area contributed by atoms with Crippen LogP contribution in [0.5, 0.6) is 0 Å². The molecule has 0 spiro atoms. The lowest BCUT2D eigenvalue weighted by Crippen LogP contribution is -2.34. The van der Waals surface area contributed by atoms with Crippen molar-refractivity contribution >= 4 is 17.3 Å². The van der Waals surface area contributed by atoms with E-state index in [-0.39, 0.29) is 11.8 Å². The molecule has 1 amide bonds. The fourth-order valence-corrected chi connectivity index (χ4v) is 2.63. The second kappa shape index (κ2) is 5.60. The Kier molecular flexibility index (Phi) is 3.65. The van der Waals surface area contributed by atoms with Crippen molar-refractivity contribution in [1.29, 1.82) is 0 Å².